The van der Waals surface area contributed by atoms with Crippen molar-refractivity contribution in [3.05, 3.63) is 37.2 Å². The summed E-state index contributed by atoms with van der Waals surface area (Å²) < 4.78 is 4.99. The Morgan fingerprint density at radius 1 is 1.57 bits per heavy atom. The van der Waals surface area contributed by atoms with Crippen molar-refractivity contribution in [2.24, 2.45) is 4.99 Å². The number of nitrogens with zero attached hydrogens (tertiary/aromatic N) is 1. The number of hydrogen-bond acceptors (Lipinski definition) is 3. The lowest BCUT2D eigenvalue weighted by molar-refractivity contribution is 0.0995. The molecule has 0 spiro atoms. The van der Waals surface area contributed by atoms with Crippen molar-refractivity contribution < 1.29 is 4.74 Å². The molecule has 0 aliphatic rings. The highest BCUT2D eigenvalue weighted by atomic mass is 35.5. The zero-order valence-corrected chi connectivity index (χ0v) is 9.21. The predicted octanol–water partition coefficient (Wildman–Crippen LogP) is 2.42. The van der Waals surface area contributed by atoms with Gasteiger partial charge in [0.2, 0.25) is 0 Å². The maximum Gasteiger partial charge on any atom is 0.129 e. The second-order valence-electron chi connectivity index (χ2n) is 2.52. The second kappa shape index (κ2) is 7.35. The van der Waals surface area contributed by atoms with Gasteiger partial charge in [0.05, 0.1) is 0 Å². The summed E-state index contributed by atoms with van der Waals surface area (Å²) in [6.45, 7) is 9.06. The first-order valence-electron chi connectivity index (χ1n) is 4.10. The number of halogens is 1. The first kappa shape index (κ1) is 12.9. The first-order valence-corrected chi connectivity index (χ1v) is 4.48. The fourth-order valence-corrected chi connectivity index (χ4v) is 0.800. The summed E-state index contributed by atoms with van der Waals surface area (Å²) in [5.41, 5.74) is 0.705. The molecule has 0 aromatic carbocycles. The molecule has 1 N–H and O–H groups in total. The normalized spacial score (nSPS) is 14.1. The maximum absolute atomic E-state index is 5.69. The minimum absolute atomic E-state index is 0.0812. The van der Waals surface area contributed by atoms with E-state index in [-0.39, 0.29) is 6.23 Å². The van der Waals surface area contributed by atoms with Gasteiger partial charge in [-0.1, -0.05) is 24.8 Å². The standard InChI is InChI=1S/C10H15ClN2O/c1-5-12-10(11)7-6-8(2)13-9(3)14-4/h5-7,9,13H,1-2H2,3-4H3/b7-6-,12-10?. The Kier molecular flexibility index (Phi) is 6.80. The van der Waals surface area contributed by atoms with Gasteiger partial charge in [-0.2, -0.15) is 0 Å². The first-order chi connectivity index (χ1) is 6.60. The van der Waals surface area contributed by atoms with E-state index in [0.29, 0.717) is 10.9 Å². The van der Waals surface area contributed by atoms with Gasteiger partial charge in [0.15, 0.2) is 0 Å². The molecule has 14 heavy (non-hydrogen) atoms. The van der Waals surface area contributed by atoms with Crippen LogP contribution < -0.4 is 5.32 Å². The Bertz CT molecular complexity index is 259. The molecular formula is C10H15ClN2O. The van der Waals surface area contributed by atoms with Crippen LogP contribution in [0.3, 0.4) is 0 Å². The zero-order valence-electron chi connectivity index (χ0n) is 8.46. The van der Waals surface area contributed by atoms with E-state index in [1.807, 2.05) is 6.92 Å². The minimum Gasteiger partial charge on any atom is -0.362 e. The summed E-state index contributed by atoms with van der Waals surface area (Å²) in [5.74, 6) is 0. The fraction of sp³-hybridized carbons (Fsp3) is 0.300. The van der Waals surface area contributed by atoms with Crippen molar-refractivity contribution >= 4 is 16.8 Å². The summed E-state index contributed by atoms with van der Waals surface area (Å²) in [5, 5.41) is 3.34. The fourth-order valence-electron chi connectivity index (χ4n) is 0.668. The summed E-state index contributed by atoms with van der Waals surface area (Å²) in [6, 6.07) is 0. The van der Waals surface area contributed by atoms with E-state index in [2.05, 4.69) is 23.5 Å². The molecule has 0 fully saturated rings. The number of methoxy groups -OCH3 is 1. The van der Waals surface area contributed by atoms with Gasteiger partial charge in [-0.15, -0.1) is 0 Å². The molecule has 0 saturated carbocycles. The third kappa shape index (κ3) is 6.46. The van der Waals surface area contributed by atoms with Crippen LogP contribution in [-0.2, 0) is 4.74 Å². The largest absolute Gasteiger partial charge is 0.362 e. The van der Waals surface area contributed by atoms with Crippen molar-refractivity contribution in [2.45, 2.75) is 13.2 Å². The molecule has 1 unspecified atom stereocenters. The molecule has 0 aromatic rings. The molecule has 0 bridgehead atoms. The van der Waals surface area contributed by atoms with Gasteiger partial charge in [-0.3, -0.25) is 0 Å². The van der Waals surface area contributed by atoms with Crippen LogP contribution >= 0.6 is 11.6 Å². The van der Waals surface area contributed by atoms with Gasteiger partial charge in [0, 0.05) is 19.0 Å². The Morgan fingerprint density at radius 3 is 2.71 bits per heavy atom. The highest BCUT2D eigenvalue weighted by Crippen LogP contribution is 1.95. The Labute approximate surface area is 89.8 Å². The topological polar surface area (TPSA) is 33.6 Å². The number of allylic oxidation sites excluding steroid dienone is 2. The molecule has 0 rings (SSSR count). The molecule has 1 atom stereocenters. The summed E-state index contributed by atoms with van der Waals surface area (Å²) in [4.78, 5) is 3.75. The number of nitrogens with one attached hydrogen (secondary N) is 1. The van der Waals surface area contributed by atoms with Crippen molar-refractivity contribution in [1.29, 1.82) is 0 Å². The highest BCUT2D eigenvalue weighted by Gasteiger charge is 1.96. The molecule has 0 aliphatic carbocycles. The molecule has 4 heteroatoms. The number of aliphatic imine (C=N–C) groups is 1. The van der Waals surface area contributed by atoms with Crippen LogP contribution in [0.2, 0.25) is 0 Å². The van der Waals surface area contributed by atoms with Gasteiger partial charge >= 0.3 is 0 Å². The van der Waals surface area contributed by atoms with E-state index >= 15 is 0 Å². The van der Waals surface area contributed by atoms with Crippen LogP contribution in [0.25, 0.3) is 0 Å². The van der Waals surface area contributed by atoms with Gasteiger partial charge in [0.1, 0.15) is 11.4 Å². The van der Waals surface area contributed by atoms with E-state index in [1.54, 1.807) is 19.3 Å². The monoisotopic (exact) mass is 214 g/mol. The smallest absolute Gasteiger partial charge is 0.129 e. The molecule has 0 aliphatic heterocycles. The van der Waals surface area contributed by atoms with Gasteiger partial charge in [0.25, 0.3) is 0 Å². The third-order valence-corrected chi connectivity index (χ3v) is 1.60. The van der Waals surface area contributed by atoms with Crippen LogP contribution in [0.4, 0.5) is 0 Å². The molecule has 0 heterocycles. The molecular weight excluding hydrogens is 200 g/mol. The Morgan fingerprint density at radius 2 is 2.21 bits per heavy atom. The third-order valence-electron chi connectivity index (χ3n) is 1.38. The zero-order chi connectivity index (χ0) is 11.0. The average molecular weight is 215 g/mol. The van der Waals surface area contributed by atoms with E-state index in [4.69, 9.17) is 16.3 Å². The summed E-state index contributed by atoms with van der Waals surface area (Å²) >= 11 is 5.69. The Balaban J connectivity index is 4.05. The van der Waals surface area contributed by atoms with Crippen LogP contribution in [-0.4, -0.2) is 18.5 Å². The minimum atomic E-state index is -0.0812. The summed E-state index contributed by atoms with van der Waals surface area (Å²) in [6.07, 6.45) is 4.63. The number of ether oxygens (including phenoxy) is 1. The lowest BCUT2D eigenvalue weighted by Gasteiger charge is -2.12. The van der Waals surface area contributed by atoms with Crippen LogP contribution in [0, 0.1) is 0 Å². The lowest BCUT2D eigenvalue weighted by atomic mass is 10.4. The van der Waals surface area contributed by atoms with Crippen molar-refractivity contribution in [1.82, 2.24) is 5.32 Å². The molecule has 0 aromatic heterocycles. The quantitative estimate of drug-likeness (QED) is 0.419. The van der Waals surface area contributed by atoms with E-state index in [1.165, 1.54) is 6.20 Å². The molecule has 0 radical (unpaired) electrons. The second-order valence-corrected chi connectivity index (χ2v) is 2.90. The molecule has 0 saturated heterocycles. The van der Waals surface area contributed by atoms with Gasteiger partial charge < -0.3 is 10.1 Å². The molecule has 78 valence electrons. The lowest BCUT2D eigenvalue weighted by Crippen LogP contribution is -2.25. The number of rotatable bonds is 6. The Hall–Kier alpha value is -1.06. The average Bonchev–Trinajstić information content (AvgIpc) is 2.15. The van der Waals surface area contributed by atoms with Crippen LogP contribution in [0.15, 0.2) is 42.2 Å². The molecule has 0 amide bonds. The van der Waals surface area contributed by atoms with Crippen molar-refractivity contribution in [2.75, 3.05) is 7.11 Å². The maximum atomic E-state index is 5.69. The van der Waals surface area contributed by atoms with Gasteiger partial charge in [-0.25, -0.2) is 4.99 Å². The van der Waals surface area contributed by atoms with Crippen LogP contribution in [0.5, 0.6) is 0 Å². The number of hydrogen-bond donors (Lipinski definition) is 1. The van der Waals surface area contributed by atoms with Crippen molar-refractivity contribution in [3.8, 4) is 0 Å². The predicted molar refractivity (Wildman–Crippen MR) is 61.4 cm³/mol. The van der Waals surface area contributed by atoms with E-state index in [0.717, 1.165) is 0 Å². The van der Waals surface area contributed by atoms with Gasteiger partial charge in [-0.05, 0) is 19.1 Å². The van der Waals surface area contributed by atoms with Crippen molar-refractivity contribution in [3.63, 3.8) is 0 Å². The SMILES string of the molecule is C=CN=C(Cl)/C=C\C(=C)NC(C)OC. The van der Waals surface area contributed by atoms with Crippen LogP contribution in [0.1, 0.15) is 6.92 Å². The highest BCUT2D eigenvalue weighted by molar-refractivity contribution is 6.68. The molecule has 3 nitrogen and oxygen atoms in total. The van der Waals surface area contributed by atoms with E-state index < -0.39 is 0 Å². The van der Waals surface area contributed by atoms with E-state index in [9.17, 15) is 0 Å². The summed E-state index contributed by atoms with van der Waals surface area (Å²) in [7, 11) is 1.61.